The molecule has 0 aromatic heterocycles. The van der Waals surface area contributed by atoms with E-state index in [2.05, 4.69) is 26.8 Å². The number of nitriles is 1. The van der Waals surface area contributed by atoms with E-state index in [1.165, 1.54) is 5.56 Å². The largest absolute Gasteiger partial charge is 0.192 e. The van der Waals surface area contributed by atoms with Crippen LogP contribution in [0.25, 0.3) is 0 Å². The summed E-state index contributed by atoms with van der Waals surface area (Å²) in [6.45, 7) is 6.53. The SMILES string of the molecule is CC(C)C(C)c1ccccc1C#N. The number of hydrogen-bond acceptors (Lipinski definition) is 1. The maximum atomic E-state index is 8.90. The third kappa shape index (κ3) is 2.09. The van der Waals surface area contributed by atoms with Crippen molar-refractivity contribution in [3.05, 3.63) is 35.4 Å². The van der Waals surface area contributed by atoms with E-state index in [0.29, 0.717) is 11.8 Å². The number of rotatable bonds is 2. The molecule has 1 atom stereocenters. The fraction of sp³-hybridized carbons (Fsp3) is 0.417. The van der Waals surface area contributed by atoms with Gasteiger partial charge in [0.05, 0.1) is 11.6 Å². The zero-order chi connectivity index (χ0) is 9.84. The first kappa shape index (κ1) is 9.80. The Hall–Kier alpha value is -1.29. The van der Waals surface area contributed by atoms with Crippen LogP contribution >= 0.6 is 0 Å². The summed E-state index contributed by atoms with van der Waals surface area (Å²) >= 11 is 0. The summed E-state index contributed by atoms with van der Waals surface area (Å²) in [7, 11) is 0. The van der Waals surface area contributed by atoms with Crippen molar-refractivity contribution in [2.75, 3.05) is 0 Å². The van der Waals surface area contributed by atoms with Crippen molar-refractivity contribution in [2.45, 2.75) is 26.7 Å². The lowest BCUT2D eigenvalue weighted by molar-refractivity contribution is 0.534. The predicted octanol–water partition coefficient (Wildman–Crippen LogP) is 3.32. The average Bonchev–Trinajstić information content (AvgIpc) is 2.16. The van der Waals surface area contributed by atoms with Gasteiger partial charge in [-0.15, -0.1) is 0 Å². The monoisotopic (exact) mass is 173 g/mol. The lowest BCUT2D eigenvalue weighted by Gasteiger charge is -2.16. The maximum Gasteiger partial charge on any atom is 0.0994 e. The zero-order valence-corrected chi connectivity index (χ0v) is 8.41. The molecular weight excluding hydrogens is 158 g/mol. The third-order valence-corrected chi connectivity index (χ3v) is 2.57. The highest BCUT2D eigenvalue weighted by atomic mass is 14.3. The molecule has 0 amide bonds. The predicted molar refractivity (Wildman–Crippen MR) is 54.4 cm³/mol. The Morgan fingerprint density at radius 1 is 1.15 bits per heavy atom. The van der Waals surface area contributed by atoms with Gasteiger partial charge in [-0.2, -0.15) is 5.26 Å². The Morgan fingerprint density at radius 3 is 2.31 bits per heavy atom. The topological polar surface area (TPSA) is 23.8 Å². The van der Waals surface area contributed by atoms with Gasteiger partial charge in [0.25, 0.3) is 0 Å². The van der Waals surface area contributed by atoms with Crippen LogP contribution in [-0.2, 0) is 0 Å². The van der Waals surface area contributed by atoms with Crippen LogP contribution in [-0.4, -0.2) is 0 Å². The first-order valence-corrected chi connectivity index (χ1v) is 4.66. The zero-order valence-electron chi connectivity index (χ0n) is 8.41. The van der Waals surface area contributed by atoms with Crippen molar-refractivity contribution in [3.63, 3.8) is 0 Å². The molecule has 0 aliphatic rings. The van der Waals surface area contributed by atoms with Gasteiger partial charge in [-0.25, -0.2) is 0 Å². The minimum Gasteiger partial charge on any atom is -0.192 e. The van der Waals surface area contributed by atoms with Crippen molar-refractivity contribution < 1.29 is 0 Å². The molecule has 1 heteroatoms. The van der Waals surface area contributed by atoms with Crippen LogP contribution < -0.4 is 0 Å². The molecule has 1 rings (SSSR count). The number of hydrogen-bond donors (Lipinski definition) is 0. The Labute approximate surface area is 80.0 Å². The first-order valence-electron chi connectivity index (χ1n) is 4.66. The second-order valence-corrected chi connectivity index (χ2v) is 3.73. The summed E-state index contributed by atoms with van der Waals surface area (Å²) in [6, 6.07) is 10.1. The molecule has 0 aliphatic carbocycles. The summed E-state index contributed by atoms with van der Waals surface area (Å²) in [5.74, 6) is 1.03. The summed E-state index contributed by atoms with van der Waals surface area (Å²) in [6.07, 6.45) is 0. The molecule has 1 nitrogen and oxygen atoms in total. The number of benzene rings is 1. The van der Waals surface area contributed by atoms with Crippen molar-refractivity contribution in [1.29, 1.82) is 5.26 Å². The molecule has 0 saturated carbocycles. The van der Waals surface area contributed by atoms with Crippen molar-refractivity contribution in [2.24, 2.45) is 5.92 Å². The van der Waals surface area contributed by atoms with Crippen LogP contribution in [0.15, 0.2) is 24.3 Å². The van der Waals surface area contributed by atoms with Gasteiger partial charge in [-0.05, 0) is 23.5 Å². The van der Waals surface area contributed by atoms with Gasteiger partial charge in [0.1, 0.15) is 0 Å². The molecule has 1 aromatic carbocycles. The van der Waals surface area contributed by atoms with Gasteiger partial charge in [-0.1, -0.05) is 39.0 Å². The molecule has 0 aliphatic heterocycles. The molecule has 0 N–H and O–H groups in total. The van der Waals surface area contributed by atoms with Gasteiger partial charge >= 0.3 is 0 Å². The summed E-state index contributed by atoms with van der Waals surface area (Å²) < 4.78 is 0. The molecule has 0 radical (unpaired) electrons. The van der Waals surface area contributed by atoms with Crippen LogP contribution in [0.4, 0.5) is 0 Å². The Morgan fingerprint density at radius 2 is 1.77 bits per heavy atom. The van der Waals surface area contributed by atoms with E-state index in [0.717, 1.165) is 5.56 Å². The summed E-state index contributed by atoms with van der Waals surface area (Å²) in [4.78, 5) is 0. The normalized spacial score (nSPS) is 12.5. The van der Waals surface area contributed by atoms with E-state index in [-0.39, 0.29) is 0 Å². The quantitative estimate of drug-likeness (QED) is 0.673. The van der Waals surface area contributed by atoms with Gasteiger partial charge in [0.15, 0.2) is 0 Å². The smallest absolute Gasteiger partial charge is 0.0994 e. The van der Waals surface area contributed by atoms with Crippen LogP contribution in [0.3, 0.4) is 0 Å². The average molecular weight is 173 g/mol. The highest BCUT2D eigenvalue weighted by molar-refractivity contribution is 5.39. The molecule has 13 heavy (non-hydrogen) atoms. The number of nitrogens with zero attached hydrogens (tertiary/aromatic N) is 1. The second-order valence-electron chi connectivity index (χ2n) is 3.73. The van der Waals surface area contributed by atoms with E-state index in [4.69, 9.17) is 5.26 Å². The van der Waals surface area contributed by atoms with Crippen molar-refractivity contribution in [3.8, 4) is 6.07 Å². The third-order valence-electron chi connectivity index (χ3n) is 2.57. The molecule has 68 valence electrons. The van der Waals surface area contributed by atoms with Gasteiger partial charge < -0.3 is 0 Å². The fourth-order valence-corrected chi connectivity index (χ4v) is 1.36. The summed E-state index contributed by atoms with van der Waals surface area (Å²) in [5.41, 5.74) is 1.98. The van der Waals surface area contributed by atoms with Crippen LogP contribution in [0.2, 0.25) is 0 Å². The maximum absolute atomic E-state index is 8.90. The van der Waals surface area contributed by atoms with Crippen molar-refractivity contribution in [1.82, 2.24) is 0 Å². The Bertz CT molecular complexity index is 320. The van der Waals surface area contributed by atoms with Gasteiger partial charge in [0.2, 0.25) is 0 Å². The molecular formula is C12H15N. The van der Waals surface area contributed by atoms with Crippen LogP contribution in [0.5, 0.6) is 0 Å². The van der Waals surface area contributed by atoms with E-state index in [1.54, 1.807) is 0 Å². The van der Waals surface area contributed by atoms with E-state index >= 15 is 0 Å². The fourth-order valence-electron chi connectivity index (χ4n) is 1.36. The molecule has 1 aromatic rings. The lowest BCUT2D eigenvalue weighted by Crippen LogP contribution is -2.03. The molecule has 0 saturated heterocycles. The summed E-state index contributed by atoms with van der Waals surface area (Å²) in [5, 5.41) is 8.90. The highest BCUT2D eigenvalue weighted by Gasteiger charge is 2.12. The Kier molecular flexibility index (Phi) is 3.08. The van der Waals surface area contributed by atoms with Gasteiger partial charge in [-0.3, -0.25) is 0 Å². The molecule has 0 spiro atoms. The van der Waals surface area contributed by atoms with Crippen LogP contribution in [0.1, 0.15) is 37.8 Å². The minimum atomic E-state index is 0.454. The molecule has 0 heterocycles. The highest BCUT2D eigenvalue weighted by Crippen LogP contribution is 2.25. The second kappa shape index (κ2) is 4.09. The van der Waals surface area contributed by atoms with Gasteiger partial charge in [0, 0.05) is 0 Å². The first-order chi connectivity index (χ1) is 6.16. The lowest BCUT2D eigenvalue weighted by atomic mass is 9.88. The molecule has 1 unspecified atom stereocenters. The standard InChI is InChI=1S/C12H15N/c1-9(2)10(3)12-7-5-4-6-11(12)8-13/h4-7,9-10H,1-3H3. The van der Waals surface area contributed by atoms with E-state index < -0.39 is 0 Å². The van der Waals surface area contributed by atoms with Crippen LogP contribution in [0, 0.1) is 17.2 Å². The van der Waals surface area contributed by atoms with E-state index in [1.807, 2.05) is 24.3 Å². The molecule has 0 fully saturated rings. The minimum absolute atomic E-state index is 0.454. The molecule has 0 bridgehead atoms. The van der Waals surface area contributed by atoms with Crippen molar-refractivity contribution >= 4 is 0 Å². The Balaban J connectivity index is 3.07. The van der Waals surface area contributed by atoms with E-state index in [9.17, 15) is 0 Å².